The fourth-order valence-corrected chi connectivity index (χ4v) is 5.78. The van der Waals surface area contributed by atoms with Gasteiger partial charge in [-0.05, 0) is 46.3 Å². The number of hydrogen-bond donors (Lipinski definition) is 0. The number of pyridine rings is 1. The normalized spacial score (nSPS) is 26.2. The number of rotatable bonds is 2. The molecule has 4 atom stereocenters. The van der Waals surface area contributed by atoms with Crippen LogP contribution in [0.2, 0.25) is 5.15 Å². The summed E-state index contributed by atoms with van der Waals surface area (Å²) in [5, 5.41) is 0.599. The molecule has 0 N–H and O–H groups in total. The molecule has 2 bridgehead atoms. The van der Waals surface area contributed by atoms with Crippen molar-refractivity contribution in [3.8, 4) is 5.88 Å². The molecule has 2 aromatic heterocycles. The summed E-state index contributed by atoms with van der Waals surface area (Å²) in [5.74, 6) is 0.143. The third kappa shape index (κ3) is 3.65. The molecule has 0 aliphatic carbocycles. The van der Waals surface area contributed by atoms with Crippen LogP contribution in [0.4, 0.5) is 15.0 Å². The summed E-state index contributed by atoms with van der Waals surface area (Å²) in [5.41, 5.74) is -0.477. The lowest BCUT2D eigenvalue weighted by atomic mass is 9.95. The lowest BCUT2D eigenvalue weighted by Crippen LogP contribution is -2.65. The summed E-state index contributed by atoms with van der Waals surface area (Å²) >= 11 is 7.45. The molecule has 11 heteroatoms. The van der Waals surface area contributed by atoms with E-state index in [0.717, 1.165) is 12.8 Å². The van der Waals surface area contributed by atoms with Crippen molar-refractivity contribution in [2.45, 2.75) is 81.9 Å². The number of nitrogens with zero attached hydrogens (tertiary/aromatic N) is 5. The van der Waals surface area contributed by atoms with Gasteiger partial charge in [-0.3, -0.25) is 4.90 Å². The van der Waals surface area contributed by atoms with Crippen LogP contribution >= 0.6 is 23.4 Å². The van der Waals surface area contributed by atoms with Crippen LogP contribution in [0.1, 0.15) is 47.0 Å². The number of aromatic nitrogens is 3. The minimum absolute atomic E-state index is 0.0343. The van der Waals surface area contributed by atoms with Crippen molar-refractivity contribution < 1.29 is 18.7 Å². The van der Waals surface area contributed by atoms with Gasteiger partial charge >= 0.3 is 6.09 Å². The Morgan fingerprint density at radius 3 is 2.73 bits per heavy atom. The third-order valence-corrected chi connectivity index (χ3v) is 7.28. The second-order valence-electron chi connectivity index (χ2n) is 9.67. The van der Waals surface area contributed by atoms with Crippen LogP contribution < -0.4 is 9.64 Å². The quantitative estimate of drug-likeness (QED) is 0.338. The number of hydrogen-bond acceptors (Lipinski definition) is 8. The number of halogens is 2. The largest absolute Gasteiger partial charge is 0.471 e. The van der Waals surface area contributed by atoms with E-state index >= 15 is 4.39 Å². The molecule has 0 aromatic carbocycles. The Labute approximate surface area is 201 Å². The SMILES string of the molecule is CCC1Oc2nc(Cl)c(F)c3nc(SC)nc(c23)N2C[C@H]3CC[C@@H](C12)N3C(=O)OC(C)(C)C. The van der Waals surface area contributed by atoms with E-state index in [1.54, 1.807) is 0 Å². The topological polar surface area (TPSA) is 80.7 Å². The molecule has 5 heterocycles. The second kappa shape index (κ2) is 8.01. The fourth-order valence-electron chi connectivity index (χ4n) is 5.26. The van der Waals surface area contributed by atoms with Gasteiger partial charge in [0.15, 0.2) is 16.1 Å². The molecule has 2 aromatic rings. The molecule has 5 rings (SSSR count). The number of ether oxygens (including phenoxy) is 2. The summed E-state index contributed by atoms with van der Waals surface area (Å²) in [4.78, 5) is 30.6. The molecule has 2 fully saturated rings. The maximum atomic E-state index is 15.0. The molecule has 3 aliphatic heterocycles. The summed E-state index contributed by atoms with van der Waals surface area (Å²) in [6, 6.07) is -0.348. The summed E-state index contributed by atoms with van der Waals surface area (Å²) < 4.78 is 27.1. The average molecular weight is 496 g/mol. The highest BCUT2D eigenvalue weighted by Crippen LogP contribution is 2.46. The van der Waals surface area contributed by atoms with Gasteiger partial charge in [0.05, 0.1) is 18.1 Å². The van der Waals surface area contributed by atoms with E-state index in [4.69, 9.17) is 26.1 Å². The van der Waals surface area contributed by atoms with Gasteiger partial charge in [0.2, 0.25) is 5.88 Å². The van der Waals surface area contributed by atoms with Gasteiger partial charge in [0.1, 0.15) is 28.4 Å². The molecule has 178 valence electrons. The predicted octanol–water partition coefficient (Wildman–Crippen LogP) is 4.67. The van der Waals surface area contributed by atoms with Crippen LogP contribution in [0, 0.1) is 5.82 Å². The summed E-state index contributed by atoms with van der Waals surface area (Å²) in [7, 11) is 0. The van der Waals surface area contributed by atoms with Gasteiger partial charge in [-0.2, -0.15) is 4.98 Å². The number of carbonyl (C=O) groups is 1. The molecule has 0 saturated carbocycles. The smallest absolute Gasteiger partial charge is 0.410 e. The third-order valence-electron chi connectivity index (χ3n) is 6.49. The molecule has 2 unspecified atom stereocenters. The summed E-state index contributed by atoms with van der Waals surface area (Å²) in [6.07, 6.45) is 3.59. The lowest BCUT2D eigenvalue weighted by Gasteiger charge is -2.48. The van der Waals surface area contributed by atoms with Crippen molar-refractivity contribution >= 4 is 46.2 Å². The monoisotopic (exact) mass is 495 g/mol. The van der Waals surface area contributed by atoms with E-state index in [1.165, 1.54) is 11.8 Å². The molecule has 0 spiro atoms. The molecule has 33 heavy (non-hydrogen) atoms. The van der Waals surface area contributed by atoms with Crippen LogP contribution in [0.25, 0.3) is 10.9 Å². The van der Waals surface area contributed by atoms with Crippen molar-refractivity contribution in [2.75, 3.05) is 17.7 Å². The lowest BCUT2D eigenvalue weighted by molar-refractivity contribution is -0.000577. The Bertz CT molecular complexity index is 1130. The Morgan fingerprint density at radius 1 is 1.30 bits per heavy atom. The number of amides is 1. The van der Waals surface area contributed by atoms with Gasteiger partial charge in [0, 0.05) is 6.54 Å². The van der Waals surface area contributed by atoms with Crippen LogP contribution in [0.15, 0.2) is 5.16 Å². The molecule has 8 nitrogen and oxygen atoms in total. The minimum atomic E-state index is -0.681. The number of thioether (sulfide) groups is 1. The Hall–Kier alpha value is -2.07. The van der Waals surface area contributed by atoms with Gasteiger partial charge in [0.25, 0.3) is 0 Å². The first kappa shape index (κ1) is 22.7. The van der Waals surface area contributed by atoms with E-state index in [0.29, 0.717) is 29.3 Å². The van der Waals surface area contributed by atoms with E-state index < -0.39 is 11.4 Å². The first-order valence-corrected chi connectivity index (χ1v) is 12.8. The van der Waals surface area contributed by atoms with Gasteiger partial charge < -0.3 is 14.4 Å². The number of piperazine rings is 1. The Kier molecular flexibility index (Phi) is 5.51. The number of fused-ring (bicyclic) bond motifs is 5. The zero-order valence-corrected chi connectivity index (χ0v) is 20.8. The van der Waals surface area contributed by atoms with Crippen LogP contribution in [-0.4, -0.2) is 68.6 Å². The van der Waals surface area contributed by atoms with Crippen LogP contribution in [0.3, 0.4) is 0 Å². The van der Waals surface area contributed by atoms with Crippen molar-refractivity contribution in [1.82, 2.24) is 19.9 Å². The predicted molar refractivity (Wildman–Crippen MR) is 125 cm³/mol. The summed E-state index contributed by atoms with van der Waals surface area (Å²) in [6.45, 7) is 8.18. The molecule has 1 amide bonds. The number of anilines is 1. The molecule has 2 saturated heterocycles. The van der Waals surface area contributed by atoms with E-state index in [1.807, 2.05) is 38.9 Å². The van der Waals surface area contributed by atoms with E-state index in [-0.39, 0.29) is 46.9 Å². The molecule has 0 radical (unpaired) electrons. The van der Waals surface area contributed by atoms with Crippen LogP contribution in [0.5, 0.6) is 5.88 Å². The van der Waals surface area contributed by atoms with Crippen LogP contribution in [-0.2, 0) is 4.74 Å². The van der Waals surface area contributed by atoms with Gasteiger partial charge in [-0.15, -0.1) is 0 Å². The van der Waals surface area contributed by atoms with Gasteiger partial charge in [-0.1, -0.05) is 30.3 Å². The van der Waals surface area contributed by atoms with E-state index in [2.05, 4.69) is 14.9 Å². The Balaban J connectivity index is 1.66. The van der Waals surface area contributed by atoms with E-state index in [9.17, 15) is 4.79 Å². The highest BCUT2D eigenvalue weighted by Gasteiger charge is 2.54. The van der Waals surface area contributed by atoms with Crippen molar-refractivity contribution in [3.63, 3.8) is 0 Å². The molecular weight excluding hydrogens is 469 g/mol. The van der Waals surface area contributed by atoms with Crippen molar-refractivity contribution in [1.29, 1.82) is 0 Å². The standard InChI is InChI=1S/C22H27ClFN5O3S/c1-6-12-16-11-8-7-10(29(11)21(30)32-22(2,3)4)9-28(16)18-13-15(25-20(27-18)33-5)14(24)17(23)26-19(13)31-12/h10-12,16H,6-9H2,1-5H3/t10-,11+,12?,16?/m1/s1. The average Bonchev–Trinajstić information content (AvgIpc) is 3.00. The fraction of sp³-hybridized carbons (Fsp3) is 0.636. The van der Waals surface area contributed by atoms with Crippen molar-refractivity contribution in [2.24, 2.45) is 0 Å². The highest BCUT2D eigenvalue weighted by atomic mass is 35.5. The molecule has 3 aliphatic rings. The molecular formula is C22H27ClFN5O3S. The first-order chi connectivity index (χ1) is 15.6. The van der Waals surface area contributed by atoms with Gasteiger partial charge in [-0.25, -0.2) is 19.2 Å². The first-order valence-electron chi connectivity index (χ1n) is 11.2. The number of carbonyl (C=O) groups excluding carboxylic acids is 1. The zero-order valence-electron chi connectivity index (χ0n) is 19.3. The Morgan fingerprint density at radius 2 is 2.06 bits per heavy atom. The zero-order chi connectivity index (χ0) is 23.7. The van der Waals surface area contributed by atoms with Crippen molar-refractivity contribution in [3.05, 3.63) is 11.0 Å². The minimum Gasteiger partial charge on any atom is -0.471 e. The maximum Gasteiger partial charge on any atom is 0.410 e. The highest BCUT2D eigenvalue weighted by molar-refractivity contribution is 7.98. The maximum absolute atomic E-state index is 15.0. The second-order valence-corrected chi connectivity index (χ2v) is 10.8.